The van der Waals surface area contributed by atoms with Gasteiger partial charge in [-0.15, -0.1) is 0 Å². The van der Waals surface area contributed by atoms with E-state index in [1.54, 1.807) is 7.11 Å². The van der Waals surface area contributed by atoms with Crippen molar-refractivity contribution in [2.75, 3.05) is 32.2 Å². The van der Waals surface area contributed by atoms with Gasteiger partial charge in [-0.05, 0) is 51.3 Å². The molecule has 1 N–H and O–H groups in total. The summed E-state index contributed by atoms with van der Waals surface area (Å²) in [6, 6.07) is 0. The van der Waals surface area contributed by atoms with Crippen molar-refractivity contribution >= 4 is 11.8 Å². The van der Waals surface area contributed by atoms with Crippen molar-refractivity contribution in [1.82, 2.24) is 5.32 Å². The van der Waals surface area contributed by atoms with Crippen LogP contribution in [0, 0.1) is 5.92 Å². The summed E-state index contributed by atoms with van der Waals surface area (Å²) in [5.41, 5.74) is 0.00967. The van der Waals surface area contributed by atoms with Crippen molar-refractivity contribution in [1.29, 1.82) is 0 Å². The minimum Gasteiger partial charge on any atom is -0.379 e. The molecular formula is C11H25NOS. The van der Waals surface area contributed by atoms with Crippen molar-refractivity contribution < 1.29 is 4.74 Å². The highest BCUT2D eigenvalue weighted by Crippen LogP contribution is 2.11. The Kier molecular flexibility index (Phi) is 7.69. The number of methoxy groups -OCH3 is 1. The predicted molar refractivity (Wildman–Crippen MR) is 66.1 cm³/mol. The maximum Gasteiger partial charge on any atom is 0.0634 e. The zero-order valence-electron chi connectivity index (χ0n) is 10.2. The van der Waals surface area contributed by atoms with Gasteiger partial charge in [0.15, 0.2) is 0 Å². The third-order valence-electron chi connectivity index (χ3n) is 2.40. The normalized spacial score (nSPS) is 14.4. The Hall–Kier alpha value is 0.270. The van der Waals surface area contributed by atoms with Gasteiger partial charge in [-0.1, -0.05) is 6.92 Å². The summed E-state index contributed by atoms with van der Waals surface area (Å²) in [4.78, 5) is 0. The smallest absolute Gasteiger partial charge is 0.0634 e. The number of hydrogen-bond donors (Lipinski definition) is 1. The lowest BCUT2D eigenvalue weighted by Crippen LogP contribution is -2.31. The molecule has 3 heteroatoms. The zero-order valence-corrected chi connectivity index (χ0v) is 11.0. The van der Waals surface area contributed by atoms with Crippen LogP contribution < -0.4 is 5.32 Å². The molecule has 0 saturated heterocycles. The van der Waals surface area contributed by atoms with Crippen molar-refractivity contribution in [2.24, 2.45) is 5.92 Å². The van der Waals surface area contributed by atoms with E-state index in [4.69, 9.17) is 4.74 Å². The van der Waals surface area contributed by atoms with Gasteiger partial charge in [-0.2, -0.15) is 11.8 Å². The molecule has 1 unspecified atom stereocenters. The summed E-state index contributed by atoms with van der Waals surface area (Å²) < 4.78 is 5.35. The third kappa shape index (κ3) is 7.65. The van der Waals surface area contributed by atoms with Gasteiger partial charge in [0.2, 0.25) is 0 Å². The second kappa shape index (κ2) is 7.55. The van der Waals surface area contributed by atoms with E-state index in [-0.39, 0.29) is 5.60 Å². The number of hydrogen-bond acceptors (Lipinski definition) is 3. The highest BCUT2D eigenvalue weighted by atomic mass is 32.2. The van der Waals surface area contributed by atoms with E-state index >= 15 is 0 Å². The van der Waals surface area contributed by atoms with E-state index < -0.39 is 0 Å². The average molecular weight is 219 g/mol. The summed E-state index contributed by atoms with van der Waals surface area (Å²) in [6.07, 6.45) is 3.22. The van der Waals surface area contributed by atoms with Crippen LogP contribution in [0.2, 0.25) is 0 Å². The minimum absolute atomic E-state index is 0.00967. The molecule has 2 nitrogen and oxygen atoms in total. The second-order valence-corrected chi connectivity index (χ2v) is 5.39. The van der Waals surface area contributed by atoms with Crippen molar-refractivity contribution in [3.8, 4) is 0 Å². The maximum atomic E-state index is 5.35. The summed E-state index contributed by atoms with van der Waals surface area (Å²) in [6.45, 7) is 8.69. The zero-order chi connectivity index (χ0) is 11.0. The predicted octanol–water partition coefficient (Wildman–Crippen LogP) is 2.39. The quantitative estimate of drug-likeness (QED) is 0.633. The molecule has 0 bridgehead atoms. The topological polar surface area (TPSA) is 21.3 Å². The Bertz CT molecular complexity index is 139. The lowest BCUT2D eigenvalue weighted by atomic mass is 10.1. The molecule has 0 rings (SSSR count). The molecule has 1 atom stereocenters. The fraction of sp³-hybridized carbons (Fsp3) is 1.00. The monoisotopic (exact) mass is 219 g/mol. The molecule has 0 radical (unpaired) electrons. The first kappa shape index (κ1) is 14.3. The van der Waals surface area contributed by atoms with Crippen LogP contribution in [-0.4, -0.2) is 37.8 Å². The molecule has 0 amide bonds. The van der Waals surface area contributed by atoms with Crippen LogP contribution in [0.1, 0.15) is 27.2 Å². The number of nitrogens with one attached hydrogen (secondary N) is 1. The molecule has 0 aliphatic rings. The SMILES string of the molecule is COC(C)(C)CCNCC(C)CSC. The fourth-order valence-corrected chi connectivity index (χ4v) is 1.87. The molecular weight excluding hydrogens is 194 g/mol. The standard InChI is InChI=1S/C11H25NOS/c1-10(9-14-5)8-12-7-6-11(2,3)13-4/h10,12H,6-9H2,1-5H3. The van der Waals surface area contributed by atoms with Crippen LogP contribution in [0.5, 0.6) is 0 Å². The van der Waals surface area contributed by atoms with Crippen molar-refractivity contribution in [3.63, 3.8) is 0 Å². The first-order valence-corrected chi connectivity index (χ1v) is 6.66. The van der Waals surface area contributed by atoms with Gasteiger partial charge in [-0.25, -0.2) is 0 Å². The molecule has 14 heavy (non-hydrogen) atoms. The van der Waals surface area contributed by atoms with Gasteiger partial charge in [0.25, 0.3) is 0 Å². The number of rotatable bonds is 8. The van der Waals surface area contributed by atoms with Crippen LogP contribution in [-0.2, 0) is 4.74 Å². The van der Waals surface area contributed by atoms with E-state index in [1.807, 2.05) is 11.8 Å². The Morgan fingerprint density at radius 1 is 1.43 bits per heavy atom. The molecule has 0 spiro atoms. The van der Waals surface area contributed by atoms with Gasteiger partial charge in [0.05, 0.1) is 5.60 Å². The highest BCUT2D eigenvalue weighted by Gasteiger charge is 2.15. The van der Waals surface area contributed by atoms with Gasteiger partial charge < -0.3 is 10.1 Å². The van der Waals surface area contributed by atoms with Crippen LogP contribution >= 0.6 is 11.8 Å². The molecule has 0 heterocycles. The Balaban J connectivity index is 3.37. The van der Waals surface area contributed by atoms with Crippen LogP contribution in [0.25, 0.3) is 0 Å². The maximum absolute atomic E-state index is 5.35. The molecule has 0 aromatic heterocycles. The second-order valence-electron chi connectivity index (χ2n) is 4.48. The van der Waals surface area contributed by atoms with Gasteiger partial charge >= 0.3 is 0 Å². The molecule has 0 aromatic rings. The van der Waals surface area contributed by atoms with Gasteiger partial charge in [-0.3, -0.25) is 0 Å². The van der Waals surface area contributed by atoms with Gasteiger partial charge in [0, 0.05) is 7.11 Å². The van der Waals surface area contributed by atoms with E-state index in [1.165, 1.54) is 5.75 Å². The van der Waals surface area contributed by atoms with E-state index in [0.717, 1.165) is 25.4 Å². The molecule has 0 aliphatic heterocycles. The highest BCUT2D eigenvalue weighted by molar-refractivity contribution is 7.98. The fourth-order valence-electron chi connectivity index (χ4n) is 1.18. The number of ether oxygens (including phenoxy) is 1. The largest absolute Gasteiger partial charge is 0.379 e. The first-order chi connectivity index (χ1) is 6.52. The molecule has 0 saturated carbocycles. The summed E-state index contributed by atoms with van der Waals surface area (Å²) in [5, 5.41) is 3.47. The van der Waals surface area contributed by atoms with Crippen molar-refractivity contribution in [3.05, 3.63) is 0 Å². The van der Waals surface area contributed by atoms with E-state index in [2.05, 4.69) is 32.3 Å². The lowest BCUT2D eigenvalue weighted by molar-refractivity contribution is 0.0158. The van der Waals surface area contributed by atoms with Crippen LogP contribution in [0.15, 0.2) is 0 Å². The van der Waals surface area contributed by atoms with E-state index in [0.29, 0.717) is 0 Å². The van der Waals surface area contributed by atoms with Crippen LogP contribution in [0.4, 0.5) is 0 Å². The molecule has 0 aromatic carbocycles. The summed E-state index contributed by atoms with van der Waals surface area (Å²) >= 11 is 1.91. The summed E-state index contributed by atoms with van der Waals surface area (Å²) in [5.74, 6) is 2.00. The van der Waals surface area contributed by atoms with E-state index in [9.17, 15) is 0 Å². The Morgan fingerprint density at radius 3 is 2.57 bits per heavy atom. The summed E-state index contributed by atoms with van der Waals surface area (Å²) in [7, 11) is 1.77. The molecule has 86 valence electrons. The Labute approximate surface area is 93.2 Å². The first-order valence-electron chi connectivity index (χ1n) is 5.26. The third-order valence-corrected chi connectivity index (χ3v) is 3.30. The average Bonchev–Trinajstić information content (AvgIpc) is 2.13. The van der Waals surface area contributed by atoms with Gasteiger partial charge in [0.1, 0.15) is 0 Å². The number of thioether (sulfide) groups is 1. The Morgan fingerprint density at radius 2 is 2.07 bits per heavy atom. The van der Waals surface area contributed by atoms with Crippen LogP contribution in [0.3, 0.4) is 0 Å². The molecule has 0 fully saturated rings. The lowest BCUT2D eigenvalue weighted by Gasteiger charge is -2.23. The minimum atomic E-state index is 0.00967. The molecule has 0 aliphatic carbocycles. The van der Waals surface area contributed by atoms with Crippen molar-refractivity contribution in [2.45, 2.75) is 32.8 Å².